The van der Waals surface area contributed by atoms with Crippen LogP contribution in [0.2, 0.25) is 0 Å². The summed E-state index contributed by atoms with van der Waals surface area (Å²) in [5, 5.41) is 10.9. The zero-order valence-electron chi connectivity index (χ0n) is 12.2. The van der Waals surface area contributed by atoms with Crippen LogP contribution in [0.4, 0.5) is 13.6 Å². The van der Waals surface area contributed by atoms with Gasteiger partial charge in [0.1, 0.15) is 23.5 Å². The van der Waals surface area contributed by atoms with E-state index in [4.69, 9.17) is 9.84 Å². The number of ether oxygens (including phenoxy) is 1. The molecule has 2 N–H and O–H groups in total. The summed E-state index contributed by atoms with van der Waals surface area (Å²) in [6.45, 7) is 5.22. The third-order valence-electron chi connectivity index (χ3n) is 3.49. The summed E-state index contributed by atoms with van der Waals surface area (Å²) in [6.07, 6.45) is -0.307. The van der Waals surface area contributed by atoms with E-state index in [9.17, 15) is 13.6 Å². The number of carbonyl (C=O) groups is 1. The van der Waals surface area contributed by atoms with Crippen molar-refractivity contribution >= 4 is 6.09 Å². The van der Waals surface area contributed by atoms with Crippen LogP contribution in [-0.2, 0) is 5.41 Å². The highest BCUT2D eigenvalue weighted by atomic mass is 19.1. The van der Waals surface area contributed by atoms with Crippen LogP contribution in [0, 0.1) is 11.6 Å². The van der Waals surface area contributed by atoms with Crippen LogP contribution < -0.4 is 10.1 Å². The van der Waals surface area contributed by atoms with Crippen molar-refractivity contribution in [3.8, 4) is 5.75 Å². The van der Waals surface area contributed by atoms with E-state index < -0.39 is 23.1 Å². The molecule has 1 amide bonds. The predicted octanol–water partition coefficient (Wildman–Crippen LogP) is 3.44. The average molecular weight is 299 g/mol. The van der Waals surface area contributed by atoms with Crippen LogP contribution >= 0.6 is 0 Å². The Labute approximate surface area is 122 Å². The van der Waals surface area contributed by atoms with Gasteiger partial charge in [-0.3, -0.25) is 0 Å². The van der Waals surface area contributed by atoms with E-state index >= 15 is 0 Å². The Balaban J connectivity index is 2.02. The van der Waals surface area contributed by atoms with E-state index in [2.05, 4.69) is 5.32 Å². The Morgan fingerprint density at radius 2 is 1.81 bits per heavy atom. The third-order valence-corrected chi connectivity index (χ3v) is 3.49. The first-order valence-corrected chi connectivity index (χ1v) is 6.82. The quantitative estimate of drug-likeness (QED) is 0.899. The van der Waals surface area contributed by atoms with Crippen LogP contribution in [-0.4, -0.2) is 23.3 Å². The number of rotatable bonds is 3. The molecule has 2 rings (SSSR count). The molecular weight excluding hydrogens is 280 g/mol. The summed E-state index contributed by atoms with van der Waals surface area (Å²) in [5.41, 5.74) is -0.589. The number of halogens is 2. The molecule has 1 aliphatic rings. The van der Waals surface area contributed by atoms with Gasteiger partial charge in [-0.05, 0) is 5.41 Å². The molecule has 0 aliphatic heterocycles. The smallest absolute Gasteiger partial charge is 0.404 e. The van der Waals surface area contributed by atoms with E-state index in [0.29, 0.717) is 12.8 Å². The summed E-state index contributed by atoms with van der Waals surface area (Å²) in [6, 6.07) is 2.21. The molecule has 0 aromatic heterocycles. The van der Waals surface area contributed by atoms with Gasteiger partial charge in [0.15, 0.2) is 0 Å². The number of nitrogens with one attached hydrogen (secondary N) is 1. The molecule has 0 saturated heterocycles. The number of amides is 1. The largest absolute Gasteiger partial charge is 0.490 e. The Kier molecular flexibility index (Phi) is 4.07. The molecule has 0 heterocycles. The van der Waals surface area contributed by atoms with Gasteiger partial charge in [0.05, 0.1) is 0 Å². The van der Waals surface area contributed by atoms with Crippen molar-refractivity contribution in [3.05, 3.63) is 29.3 Å². The molecule has 1 aromatic rings. The molecule has 1 aromatic carbocycles. The maximum atomic E-state index is 14.0. The first kappa shape index (κ1) is 15.5. The third kappa shape index (κ3) is 3.62. The van der Waals surface area contributed by atoms with E-state index in [0.717, 1.165) is 0 Å². The minimum Gasteiger partial charge on any atom is -0.490 e. The van der Waals surface area contributed by atoms with Crippen molar-refractivity contribution in [2.45, 2.75) is 51.2 Å². The van der Waals surface area contributed by atoms with Crippen LogP contribution in [0.25, 0.3) is 0 Å². The molecule has 1 fully saturated rings. The van der Waals surface area contributed by atoms with Gasteiger partial charge >= 0.3 is 6.09 Å². The van der Waals surface area contributed by atoms with Gasteiger partial charge in [-0.25, -0.2) is 13.6 Å². The first-order valence-electron chi connectivity index (χ1n) is 6.82. The molecule has 0 bridgehead atoms. The zero-order valence-corrected chi connectivity index (χ0v) is 12.2. The molecule has 0 atom stereocenters. The van der Waals surface area contributed by atoms with Crippen molar-refractivity contribution in [1.82, 2.24) is 5.32 Å². The number of benzene rings is 1. The maximum Gasteiger partial charge on any atom is 0.404 e. The van der Waals surface area contributed by atoms with Crippen LogP contribution in [0.3, 0.4) is 0 Å². The maximum absolute atomic E-state index is 14.0. The standard InChI is InChI=1S/C15H19F2NO3/c1-15(2,3)13-11(16)6-10(7-12(13)17)21-9-4-8(5-9)18-14(19)20/h6-9,18H,4-5H2,1-3H3,(H,19,20)/t8-,9-. The summed E-state index contributed by atoms with van der Waals surface area (Å²) in [7, 11) is 0. The Hall–Kier alpha value is -1.85. The molecule has 0 unspecified atom stereocenters. The fourth-order valence-electron chi connectivity index (χ4n) is 2.48. The molecule has 21 heavy (non-hydrogen) atoms. The van der Waals surface area contributed by atoms with Gasteiger partial charge in [0.25, 0.3) is 0 Å². The Morgan fingerprint density at radius 1 is 1.29 bits per heavy atom. The normalized spacial score (nSPS) is 21.6. The molecule has 4 nitrogen and oxygen atoms in total. The predicted molar refractivity (Wildman–Crippen MR) is 73.7 cm³/mol. The molecule has 1 saturated carbocycles. The number of hydrogen-bond acceptors (Lipinski definition) is 2. The van der Waals surface area contributed by atoms with Gasteiger partial charge in [-0.2, -0.15) is 0 Å². The summed E-state index contributed by atoms with van der Waals surface area (Å²) in [5.74, 6) is -1.12. The SMILES string of the molecule is CC(C)(C)c1c(F)cc(O[C@H]2C[C@H](NC(=O)O)C2)cc1F. The van der Waals surface area contributed by atoms with Crippen molar-refractivity contribution in [1.29, 1.82) is 0 Å². The summed E-state index contributed by atoms with van der Waals surface area (Å²) < 4.78 is 33.5. The van der Waals surface area contributed by atoms with Crippen LogP contribution in [0.5, 0.6) is 5.75 Å². The monoisotopic (exact) mass is 299 g/mol. The second-order valence-electron chi connectivity index (χ2n) is 6.37. The highest BCUT2D eigenvalue weighted by molar-refractivity contribution is 5.65. The fraction of sp³-hybridized carbons (Fsp3) is 0.533. The van der Waals surface area contributed by atoms with Crippen molar-refractivity contribution in [2.24, 2.45) is 0 Å². The number of hydrogen-bond donors (Lipinski definition) is 2. The minimum absolute atomic E-state index is 0.0360. The molecule has 1 aliphatic carbocycles. The van der Waals surface area contributed by atoms with Crippen molar-refractivity contribution < 1.29 is 23.4 Å². The molecule has 0 spiro atoms. The average Bonchev–Trinajstić information content (AvgIpc) is 2.22. The van der Waals surface area contributed by atoms with E-state index in [-0.39, 0.29) is 23.5 Å². The first-order chi connectivity index (χ1) is 9.66. The zero-order chi connectivity index (χ0) is 15.8. The topological polar surface area (TPSA) is 58.6 Å². The van der Waals surface area contributed by atoms with E-state index in [1.54, 1.807) is 20.8 Å². The van der Waals surface area contributed by atoms with Gasteiger partial charge in [0, 0.05) is 36.6 Å². The lowest BCUT2D eigenvalue weighted by Gasteiger charge is -2.35. The lowest BCUT2D eigenvalue weighted by molar-refractivity contribution is 0.0827. The number of carboxylic acid groups (broad SMARTS) is 1. The van der Waals surface area contributed by atoms with Crippen molar-refractivity contribution in [3.63, 3.8) is 0 Å². The second-order valence-corrected chi connectivity index (χ2v) is 6.37. The fourth-order valence-corrected chi connectivity index (χ4v) is 2.48. The Morgan fingerprint density at radius 3 is 2.24 bits per heavy atom. The highest BCUT2D eigenvalue weighted by Crippen LogP contribution is 2.33. The lowest BCUT2D eigenvalue weighted by atomic mass is 9.86. The molecule has 116 valence electrons. The van der Waals surface area contributed by atoms with Crippen LogP contribution in [0.15, 0.2) is 12.1 Å². The van der Waals surface area contributed by atoms with Gasteiger partial charge in [0.2, 0.25) is 0 Å². The molecule has 6 heteroatoms. The molecular formula is C15H19F2NO3. The van der Waals surface area contributed by atoms with Gasteiger partial charge < -0.3 is 15.2 Å². The minimum atomic E-state index is -1.08. The van der Waals surface area contributed by atoms with E-state index in [1.165, 1.54) is 12.1 Å². The van der Waals surface area contributed by atoms with Gasteiger partial charge in [-0.1, -0.05) is 20.8 Å². The summed E-state index contributed by atoms with van der Waals surface area (Å²) >= 11 is 0. The Bertz CT molecular complexity index is 525. The lowest BCUT2D eigenvalue weighted by Crippen LogP contribution is -2.48. The van der Waals surface area contributed by atoms with Gasteiger partial charge in [-0.15, -0.1) is 0 Å². The molecule has 0 radical (unpaired) electrons. The second kappa shape index (κ2) is 5.50. The van der Waals surface area contributed by atoms with Crippen LogP contribution in [0.1, 0.15) is 39.2 Å². The van der Waals surface area contributed by atoms with Crippen molar-refractivity contribution in [2.75, 3.05) is 0 Å². The summed E-state index contributed by atoms with van der Waals surface area (Å²) in [4.78, 5) is 10.4. The van der Waals surface area contributed by atoms with E-state index in [1.807, 2.05) is 0 Å². The highest BCUT2D eigenvalue weighted by Gasteiger charge is 2.32.